The van der Waals surface area contributed by atoms with Crippen LogP contribution >= 0.6 is 0 Å². The minimum Gasteiger partial charge on any atom is -0.453 e. The number of rotatable bonds is 1. The third-order valence-corrected chi connectivity index (χ3v) is 3.13. The van der Waals surface area contributed by atoms with Gasteiger partial charge < -0.3 is 9.47 Å². The monoisotopic (exact) mass is 210 g/mol. The summed E-state index contributed by atoms with van der Waals surface area (Å²) in [4.78, 5) is 0. The highest BCUT2D eigenvalue weighted by molar-refractivity contribution is 5.17. The standard InChI is InChI=1S/C13H22O2/c1-9(2)10-11(12(3,4)5)15-13(14-10)7-6-8-13/h9H,6-8H2,1-5H3. The number of allylic oxidation sites excluding steroid dienone is 2. The Hall–Kier alpha value is -0.660. The van der Waals surface area contributed by atoms with E-state index in [0.717, 1.165) is 24.4 Å². The Morgan fingerprint density at radius 1 is 1.13 bits per heavy atom. The van der Waals surface area contributed by atoms with Crippen LogP contribution in [0.5, 0.6) is 0 Å². The molecule has 2 heteroatoms. The first-order valence-corrected chi connectivity index (χ1v) is 5.97. The Morgan fingerprint density at radius 3 is 2.00 bits per heavy atom. The van der Waals surface area contributed by atoms with E-state index in [-0.39, 0.29) is 11.2 Å². The molecule has 1 aliphatic heterocycles. The van der Waals surface area contributed by atoms with Gasteiger partial charge in [0.15, 0.2) is 0 Å². The van der Waals surface area contributed by atoms with Crippen LogP contribution < -0.4 is 0 Å². The highest BCUT2D eigenvalue weighted by Crippen LogP contribution is 2.50. The highest BCUT2D eigenvalue weighted by atomic mass is 16.7. The van der Waals surface area contributed by atoms with Crippen LogP contribution in [-0.4, -0.2) is 5.79 Å². The van der Waals surface area contributed by atoms with Gasteiger partial charge in [-0.3, -0.25) is 0 Å². The maximum Gasteiger partial charge on any atom is 0.250 e. The molecule has 0 aromatic heterocycles. The van der Waals surface area contributed by atoms with Crippen molar-refractivity contribution in [3.8, 4) is 0 Å². The molecule has 2 aliphatic rings. The first-order valence-electron chi connectivity index (χ1n) is 5.97. The van der Waals surface area contributed by atoms with Crippen molar-refractivity contribution in [2.75, 3.05) is 0 Å². The molecule has 15 heavy (non-hydrogen) atoms. The first-order chi connectivity index (χ1) is 6.84. The Labute approximate surface area is 92.6 Å². The predicted molar refractivity (Wildman–Crippen MR) is 60.1 cm³/mol. The van der Waals surface area contributed by atoms with Crippen molar-refractivity contribution in [2.45, 2.75) is 59.7 Å². The van der Waals surface area contributed by atoms with Crippen LogP contribution in [0, 0.1) is 11.3 Å². The molecule has 1 heterocycles. The molecule has 0 aromatic rings. The van der Waals surface area contributed by atoms with E-state index >= 15 is 0 Å². The summed E-state index contributed by atoms with van der Waals surface area (Å²) >= 11 is 0. The van der Waals surface area contributed by atoms with Crippen molar-refractivity contribution in [2.24, 2.45) is 11.3 Å². The van der Waals surface area contributed by atoms with E-state index < -0.39 is 0 Å². The molecule has 0 amide bonds. The van der Waals surface area contributed by atoms with Crippen LogP contribution in [0.4, 0.5) is 0 Å². The van der Waals surface area contributed by atoms with E-state index in [1.54, 1.807) is 0 Å². The summed E-state index contributed by atoms with van der Waals surface area (Å²) in [7, 11) is 0. The van der Waals surface area contributed by atoms with Crippen LogP contribution in [0.1, 0.15) is 53.9 Å². The SMILES string of the molecule is CC(C)C1=C(C(C)(C)C)OC2(CCC2)O1. The zero-order chi connectivity index (χ0) is 11.3. The first kappa shape index (κ1) is 10.8. The summed E-state index contributed by atoms with van der Waals surface area (Å²) in [6.45, 7) is 10.9. The number of hydrogen-bond donors (Lipinski definition) is 0. The topological polar surface area (TPSA) is 18.5 Å². The van der Waals surface area contributed by atoms with Gasteiger partial charge in [0.2, 0.25) is 0 Å². The second-order valence-corrected chi connectivity index (χ2v) is 6.07. The highest BCUT2D eigenvalue weighted by Gasteiger charge is 2.50. The molecule has 0 N–H and O–H groups in total. The largest absolute Gasteiger partial charge is 0.453 e. The fraction of sp³-hybridized carbons (Fsp3) is 0.846. The summed E-state index contributed by atoms with van der Waals surface area (Å²) in [6, 6.07) is 0. The summed E-state index contributed by atoms with van der Waals surface area (Å²) in [5.74, 6) is 2.28. The smallest absolute Gasteiger partial charge is 0.250 e. The zero-order valence-corrected chi connectivity index (χ0v) is 10.5. The Bertz CT molecular complexity index is 290. The Kier molecular flexibility index (Phi) is 2.29. The van der Waals surface area contributed by atoms with E-state index in [1.165, 1.54) is 6.42 Å². The van der Waals surface area contributed by atoms with Crippen LogP contribution in [0.15, 0.2) is 11.5 Å². The van der Waals surface area contributed by atoms with E-state index in [1.807, 2.05) is 0 Å². The van der Waals surface area contributed by atoms with Crippen molar-refractivity contribution in [1.29, 1.82) is 0 Å². The molecule has 0 unspecified atom stereocenters. The van der Waals surface area contributed by atoms with Gasteiger partial charge in [0, 0.05) is 24.2 Å². The maximum absolute atomic E-state index is 6.08. The van der Waals surface area contributed by atoms with Crippen LogP contribution in [0.3, 0.4) is 0 Å². The van der Waals surface area contributed by atoms with Gasteiger partial charge in [-0.2, -0.15) is 0 Å². The maximum atomic E-state index is 6.08. The average Bonchev–Trinajstić information content (AvgIpc) is 2.41. The van der Waals surface area contributed by atoms with Crippen molar-refractivity contribution in [1.82, 2.24) is 0 Å². The Balaban J connectivity index is 2.26. The van der Waals surface area contributed by atoms with Crippen molar-refractivity contribution in [3.05, 3.63) is 11.5 Å². The molecule has 86 valence electrons. The van der Waals surface area contributed by atoms with Crippen LogP contribution in [-0.2, 0) is 9.47 Å². The number of ether oxygens (including phenoxy) is 2. The van der Waals surface area contributed by atoms with Gasteiger partial charge in [-0.05, 0) is 6.42 Å². The minimum atomic E-state index is -0.276. The second kappa shape index (κ2) is 3.16. The van der Waals surface area contributed by atoms with Crippen molar-refractivity contribution >= 4 is 0 Å². The summed E-state index contributed by atoms with van der Waals surface area (Å²) in [5.41, 5.74) is 0.0543. The molecule has 0 bridgehead atoms. The molecule has 0 atom stereocenters. The van der Waals surface area contributed by atoms with E-state index in [2.05, 4.69) is 34.6 Å². The molecule has 0 aromatic carbocycles. The van der Waals surface area contributed by atoms with Crippen LogP contribution in [0.2, 0.25) is 0 Å². The zero-order valence-electron chi connectivity index (χ0n) is 10.5. The molecule has 1 spiro atoms. The summed E-state index contributed by atoms with van der Waals surface area (Å²) < 4.78 is 12.1. The fourth-order valence-corrected chi connectivity index (χ4v) is 2.08. The fourth-order valence-electron chi connectivity index (χ4n) is 2.08. The van der Waals surface area contributed by atoms with Gasteiger partial charge in [-0.25, -0.2) is 0 Å². The minimum absolute atomic E-state index is 0.0543. The van der Waals surface area contributed by atoms with Gasteiger partial charge in [0.05, 0.1) is 0 Å². The van der Waals surface area contributed by atoms with Gasteiger partial charge in [0.25, 0.3) is 5.79 Å². The molecule has 1 fully saturated rings. The Morgan fingerprint density at radius 2 is 1.73 bits per heavy atom. The van der Waals surface area contributed by atoms with Gasteiger partial charge in [-0.15, -0.1) is 0 Å². The molecular formula is C13H22O2. The molecule has 2 rings (SSSR count). The lowest BCUT2D eigenvalue weighted by Gasteiger charge is -2.37. The molecule has 1 saturated carbocycles. The third kappa shape index (κ3) is 1.75. The lowest BCUT2D eigenvalue weighted by Crippen LogP contribution is -2.39. The molecule has 2 nitrogen and oxygen atoms in total. The van der Waals surface area contributed by atoms with E-state index in [0.29, 0.717) is 5.92 Å². The average molecular weight is 210 g/mol. The summed E-state index contributed by atoms with van der Waals surface area (Å²) in [6.07, 6.45) is 3.31. The van der Waals surface area contributed by atoms with Crippen LogP contribution in [0.25, 0.3) is 0 Å². The van der Waals surface area contributed by atoms with E-state index in [9.17, 15) is 0 Å². The van der Waals surface area contributed by atoms with Crippen molar-refractivity contribution < 1.29 is 9.47 Å². The molecule has 0 saturated heterocycles. The molecule has 1 aliphatic carbocycles. The van der Waals surface area contributed by atoms with Crippen molar-refractivity contribution in [3.63, 3.8) is 0 Å². The third-order valence-electron chi connectivity index (χ3n) is 3.13. The summed E-state index contributed by atoms with van der Waals surface area (Å²) in [5, 5.41) is 0. The molecular weight excluding hydrogens is 188 g/mol. The van der Waals surface area contributed by atoms with Gasteiger partial charge >= 0.3 is 0 Å². The lowest BCUT2D eigenvalue weighted by molar-refractivity contribution is -0.210. The van der Waals surface area contributed by atoms with E-state index in [4.69, 9.17) is 9.47 Å². The lowest BCUT2D eigenvalue weighted by atomic mass is 9.90. The normalized spacial score (nSPS) is 24.1. The predicted octanol–water partition coefficient (Wildman–Crippen LogP) is 3.83. The molecule has 0 radical (unpaired) electrons. The van der Waals surface area contributed by atoms with Gasteiger partial charge in [-0.1, -0.05) is 34.6 Å². The quantitative estimate of drug-likeness (QED) is 0.655. The van der Waals surface area contributed by atoms with Gasteiger partial charge in [0.1, 0.15) is 11.5 Å². The number of hydrogen-bond acceptors (Lipinski definition) is 2. The second-order valence-electron chi connectivity index (χ2n) is 6.07.